The maximum absolute atomic E-state index is 13.3. The van der Waals surface area contributed by atoms with Gasteiger partial charge in [0.1, 0.15) is 5.75 Å². The summed E-state index contributed by atoms with van der Waals surface area (Å²) in [6.45, 7) is 15.9. The lowest BCUT2D eigenvalue weighted by atomic mass is 9.88. The highest BCUT2D eigenvalue weighted by atomic mass is 32.1. The van der Waals surface area contributed by atoms with Crippen LogP contribution in [0.3, 0.4) is 0 Å². The zero-order valence-corrected chi connectivity index (χ0v) is 26.6. The van der Waals surface area contributed by atoms with Gasteiger partial charge >= 0.3 is 0 Å². The van der Waals surface area contributed by atoms with Crippen LogP contribution in [0.1, 0.15) is 68.2 Å². The molecule has 0 unspecified atom stereocenters. The Morgan fingerprint density at radius 3 is 2.33 bits per heavy atom. The number of methoxy groups -OCH3 is 1. The van der Waals surface area contributed by atoms with Gasteiger partial charge in [0.15, 0.2) is 8.32 Å². The molecule has 0 aliphatic heterocycles. The van der Waals surface area contributed by atoms with Crippen LogP contribution in [-0.4, -0.2) is 54.2 Å². The van der Waals surface area contributed by atoms with E-state index in [1.165, 1.54) is 11.3 Å². The van der Waals surface area contributed by atoms with Gasteiger partial charge in [-0.3, -0.25) is 20.1 Å². The first-order valence-corrected chi connectivity index (χ1v) is 17.5. The summed E-state index contributed by atoms with van der Waals surface area (Å²) in [5.74, 6) is 0.709. The van der Waals surface area contributed by atoms with Gasteiger partial charge in [-0.25, -0.2) is 0 Å². The zero-order chi connectivity index (χ0) is 29.1. The van der Waals surface area contributed by atoms with E-state index in [0.717, 1.165) is 42.6 Å². The van der Waals surface area contributed by atoms with Gasteiger partial charge in [0.05, 0.1) is 25.5 Å². The second-order valence-electron chi connectivity index (χ2n) is 12.1. The molecule has 4 rings (SSSR count). The monoisotopic (exact) mass is 583 g/mol. The van der Waals surface area contributed by atoms with E-state index >= 15 is 0 Å². The van der Waals surface area contributed by atoms with Crippen molar-refractivity contribution >= 4 is 30.7 Å². The highest BCUT2D eigenvalue weighted by molar-refractivity contribution is 7.17. The summed E-state index contributed by atoms with van der Waals surface area (Å²) in [7, 11) is -0.165. The highest BCUT2D eigenvalue weighted by Gasteiger charge is 2.39. The van der Waals surface area contributed by atoms with E-state index < -0.39 is 8.32 Å². The number of hydrogen-bond donors (Lipinski definition) is 1. The Labute approximate surface area is 242 Å². The predicted molar refractivity (Wildman–Crippen MR) is 161 cm³/mol. The van der Waals surface area contributed by atoms with E-state index in [1.54, 1.807) is 19.5 Å². The second-order valence-corrected chi connectivity index (χ2v) is 17.8. The van der Waals surface area contributed by atoms with Gasteiger partial charge < -0.3 is 13.9 Å². The van der Waals surface area contributed by atoms with E-state index in [1.807, 2.05) is 26.0 Å². The SMILES string of the molecule is COc1cnc(C)cc1-c1cc(C)ncc1C(=O)Nc1nnc(OCC2CCC(O[Si](C)(C)C(C)(C)C)CC2)s1. The molecular formula is C29H41N5O4SSi. The van der Waals surface area contributed by atoms with Crippen LogP contribution >= 0.6 is 11.3 Å². The van der Waals surface area contributed by atoms with Crippen LogP contribution in [-0.2, 0) is 4.43 Å². The molecule has 0 aromatic carbocycles. The van der Waals surface area contributed by atoms with Crippen LogP contribution in [0.15, 0.2) is 24.5 Å². The summed E-state index contributed by atoms with van der Waals surface area (Å²) in [5, 5.41) is 12.2. The lowest BCUT2D eigenvalue weighted by molar-refractivity contribution is 0.0983. The Morgan fingerprint density at radius 1 is 1.02 bits per heavy atom. The van der Waals surface area contributed by atoms with Crippen molar-refractivity contribution < 1.29 is 18.7 Å². The van der Waals surface area contributed by atoms with E-state index in [4.69, 9.17) is 13.9 Å². The quantitative estimate of drug-likeness (QED) is 0.273. The number of hydrogen-bond acceptors (Lipinski definition) is 9. The van der Waals surface area contributed by atoms with Crippen molar-refractivity contribution in [2.24, 2.45) is 5.92 Å². The molecule has 1 aliphatic rings. The van der Waals surface area contributed by atoms with Gasteiger partial charge in [0, 0.05) is 34.8 Å². The Morgan fingerprint density at radius 2 is 1.68 bits per heavy atom. The highest BCUT2D eigenvalue weighted by Crippen LogP contribution is 2.40. The molecule has 1 aliphatic carbocycles. The first kappa shape index (κ1) is 30.1. The molecule has 9 nitrogen and oxygen atoms in total. The van der Waals surface area contributed by atoms with Crippen molar-refractivity contribution in [2.45, 2.75) is 84.5 Å². The van der Waals surface area contributed by atoms with Gasteiger partial charge in [0.2, 0.25) is 5.13 Å². The van der Waals surface area contributed by atoms with Crippen molar-refractivity contribution in [3.8, 4) is 22.1 Å². The molecule has 0 radical (unpaired) electrons. The molecule has 1 fully saturated rings. The Bertz CT molecular complexity index is 1330. The van der Waals surface area contributed by atoms with Crippen LogP contribution < -0.4 is 14.8 Å². The Kier molecular flexibility index (Phi) is 9.26. The number of pyridine rings is 2. The molecule has 0 spiro atoms. The maximum Gasteiger partial charge on any atom is 0.295 e. The normalized spacial score (nSPS) is 17.9. The van der Waals surface area contributed by atoms with Crippen LogP contribution in [0.25, 0.3) is 11.1 Å². The molecule has 11 heteroatoms. The van der Waals surface area contributed by atoms with Crippen molar-refractivity contribution in [2.75, 3.05) is 19.0 Å². The summed E-state index contributed by atoms with van der Waals surface area (Å²) < 4.78 is 18.1. The summed E-state index contributed by atoms with van der Waals surface area (Å²) in [6, 6.07) is 3.77. The molecule has 1 N–H and O–H groups in total. The first-order chi connectivity index (χ1) is 18.9. The average Bonchev–Trinajstić information content (AvgIpc) is 3.34. The summed E-state index contributed by atoms with van der Waals surface area (Å²) in [5.41, 5.74) is 3.50. The second kappa shape index (κ2) is 12.3. The first-order valence-electron chi connectivity index (χ1n) is 13.8. The molecule has 40 heavy (non-hydrogen) atoms. The third-order valence-electron chi connectivity index (χ3n) is 7.93. The van der Waals surface area contributed by atoms with Crippen LogP contribution in [0.4, 0.5) is 5.13 Å². The van der Waals surface area contributed by atoms with Crippen molar-refractivity contribution in [3.63, 3.8) is 0 Å². The molecule has 3 heterocycles. The van der Waals surface area contributed by atoms with Crippen molar-refractivity contribution in [1.29, 1.82) is 0 Å². The van der Waals surface area contributed by atoms with E-state index in [0.29, 0.717) is 45.8 Å². The zero-order valence-electron chi connectivity index (χ0n) is 24.8. The minimum atomic E-state index is -1.75. The minimum Gasteiger partial charge on any atom is -0.494 e. The topological polar surface area (TPSA) is 108 Å². The molecule has 0 saturated heterocycles. The smallest absolute Gasteiger partial charge is 0.295 e. The minimum absolute atomic E-state index is 0.223. The Balaban J connectivity index is 1.35. The third kappa shape index (κ3) is 7.24. The van der Waals surface area contributed by atoms with E-state index in [-0.39, 0.29) is 10.9 Å². The number of nitrogens with zero attached hydrogens (tertiary/aromatic N) is 4. The fourth-order valence-electron chi connectivity index (χ4n) is 4.57. The predicted octanol–water partition coefficient (Wildman–Crippen LogP) is 6.83. The number of nitrogens with one attached hydrogen (secondary N) is 1. The lowest BCUT2D eigenvalue weighted by Gasteiger charge is -2.41. The fourth-order valence-corrected chi connectivity index (χ4v) is 6.59. The van der Waals surface area contributed by atoms with Gasteiger partial charge in [-0.2, -0.15) is 0 Å². The molecule has 3 aromatic heterocycles. The molecular weight excluding hydrogens is 543 g/mol. The van der Waals surface area contributed by atoms with Crippen LogP contribution in [0.5, 0.6) is 10.9 Å². The number of anilines is 1. The fraction of sp³-hybridized carbons (Fsp3) is 0.552. The molecule has 0 bridgehead atoms. The number of amides is 1. The molecule has 216 valence electrons. The number of rotatable bonds is 9. The largest absolute Gasteiger partial charge is 0.494 e. The van der Waals surface area contributed by atoms with Gasteiger partial charge in [-0.15, -0.1) is 5.10 Å². The number of carbonyl (C=O) groups excluding carboxylic acids is 1. The number of ether oxygens (including phenoxy) is 2. The standard InChI is InChI=1S/C29H41N5O4SSi/c1-18-13-22(23-14-19(2)31-16-25(23)36-6)24(15-30-18)26(35)32-27-33-34-28(39-27)37-17-20-9-11-21(12-10-20)38-40(7,8)29(3,4)5/h13-16,20-21H,9-12,17H2,1-8H3,(H,32,33,35). The molecule has 1 saturated carbocycles. The number of carbonyl (C=O) groups is 1. The lowest BCUT2D eigenvalue weighted by Crippen LogP contribution is -2.44. The van der Waals surface area contributed by atoms with Gasteiger partial charge in [-0.05, 0) is 87.1 Å². The summed E-state index contributed by atoms with van der Waals surface area (Å²) in [6.07, 6.45) is 7.84. The molecule has 1 amide bonds. The van der Waals surface area contributed by atoms with Crippen LogP contribution in [0, 0.1) is 19.8 Å². The Hall–Kier alpha value is -2.89. The summed E-state index contributed by atoms with van der Waals surface area (Å²) >= 11 is 1.22. The van der Waals surface area contributed by atoms with Crippen molar-refractivity contribution in [1.82, 2.24) is 20.2 Å². The molecule has 3 aromatic rings. The van der Waals surface area contributed by atoms with E-state index in [2.05, 4.69) is 59.3 Å². The molecule has 0 atom stereocenters. The van der Waals surface area contributed by atoms with Crippen molar-refractivity contribution in [3.05, 3.63) is 41.5 Å². The van der Waals surface area contributed by atoms with Gasteiger partial charge in [-0.1, -0.05) is 25.9 Å². The average molecular weight is 584 g/mol. The number of aryl methyl sites for hydroxylation is 2. The van der Waals surface area contributed by atoms with E-state index in [9.17, 15) is 4.79 Å². The van der Waals surface area contributed by atoms with Crippen LogP contribution in [0.2, 0.25) is 18.1 Å². The maximum atomic E-state index is 13.3. The summed E-state index contributed by atoms with van der Waals surface area (Å²) in [4.78, 5) is 21.9. The number of aromatic nitrogens is 4. The van der Waals surface area contributed by atoms with Gasteiger partial charge in [0.25, 0.3) is 11.1 Å². The third-order valence-corrected chi connectivity index (χ3v) is 13.2.